The van der Waals surface area contributed by atoms with Crippen LogP contribution in [0.1, 0.15) is 70.6 Å². The number of aliphatic carboxylic acids is 1. The number of ether oxygens (including phenoxy) is 2. The zero-order valence-electron chi connectivity index (χ0n) is 27.1. The number of pyridine rings is 1. The van der Waals surface area contributed by atoms with Crippen molar-refractivity contribution in [1.82, 2.24) is 30.5 Å². The van der Waals surface area contributed by atoms with E-state index in [4.69, 9.17) is 9.47 Å². The number of carboxylic acids is 1. The molecular weight excluding hydrogens is 648 g/mol. The van der Waals surface area contributed by atoms with Gasteiger partial charge in [0, 0.05) is 18.5 Å². The van der Waals surface area contributed by atoms with E-state index in [9.17, 15) is 24.3 Å². The van der Waals surface area contributed by atoms with Gasteiger partial charge in [0.05, 0.1) is 11.9 Å². The van der Waals surface area contributed by atoms with E-state index in [-0.39, 0.29) is 31.4 Å². The number of thiophene rings is 1. The molecule has 0 unspecified atom stereocenters. The molecule has 3 aromatic rings. The van der Waals surface area contributed by atoms with Crippen LogP contribution >= 0.6 is 11.3 Å². The normalized spacial score (nSPS) is 28.4. The molecule has 0 spiro atoms. The Labute approximate surface area is 287 Å². The predicted octanol–water partition coefficient (Wildman–Crippen LogP) is 4.62. The Morgan fingerprint density at radius 1 is 1.04 bits per heavy atom. The van der Waals surface area contributed by atoms with Crippen LogP contribution in [-0.4, -0.2) is 85.2 Å². The van der Waals surface area contributed by atoms with Crippen LogP contribution in [0.25, 0.3) is 21.7 Å². The summed E-state index contributed by atoms with van der Waals surface area (Å²) >= 11 is 1.43. The lowest BCUT2D eigenvalue weighted by molar-refractivity contribution is -0.145. The lowest BCUT2D eigenvalue weighted by Crippen LogP contribution is -2.56. The van der Waals surface area contributed by atoms with Crippen LogP contribution in [0.3, 0.4) is 0 Å². The summed E-state index contributed by atoms with van der Waals surface area (Å²) in [7, 11) is 0. The van der Waals surface area contributed by atoms with Gasteiger partial charge in [-0.3, -0.25) is 14.6 Å². The maximum Gasteiger partial charge on any atom is 0.408 e. The minimum Gasteiger partial charge on any atom is -0.479 e. The number of nitrogens with zero attached hydrogens (tertiary/aromatic N) is 4. The van der Waals surface area contributed by atoms with Gasteiger partial charge in [0.25, 0.3) is 0 Å². The molecule has 1 saturated heterocycles. The van der Waals surface area contributed by atoms with Crippen LogP contribution in [0.5, 0.6) is 5.88 Å². The molecule has 5 heterocycles. The molecule has 3 N–H and O–H groups in total. The second kappa shape index (κ2) is 14.1. The van der Waals surface area contributed by atoms with Crippen LogP contribution < -0.4 is 15.4 Å². The molecule has 3 aromatic heterocycles. The quantitative estimate of drug-likeness (QED) is 0.310. The fraction of sp³-hybridized carbons (Fsp3) is 0.514. The summed E-state index contributed by atoms with van der Waals surface area (Å²) in [6, 6.07) is 5.35. The highest BCUT2D eigenvalue weighted by Crippen LogP contribution is 2.45. The van der Waals surface area contributed by atoms with Crippen molar-refractivity contribution in [3.8, 4) is 17.4 Å². The standard InChI is InChI=1S/C35H40N6O7S/c42-29-27-18-23(47-30-24-15-17-49-31(24)39-28(38-30)25-13-8-9-16-36-25)20-41(27)32(43)26(37-34(46)48-22-11-6-7-12-22)14-5-3-1-2-4-10-21-19-35(21,40-29)33(44)45/h4,8-10,13,15-17,21-23,26-27H,1-3,5-7,11-12,14,18-20H2,(H,37,46)(H,40,42)(H,44,45)/b10-4+/t21-,23-,26+,27+,35-/m1/s1. The fourth-order valence-electron chi connectivity index (χ4n) is 7.17. The first kappa shape index (κ1) is 32.9. The molecule has 14 heteroatoms. The predicted molar refractivity (Wildman–Crippen MR) is 180 cm³/mol. The van der Waals surface area contributed by atoms with E-state index >= 15 is 0 Å². The van der Waals surface area contributed by atoms with Gasteiger partial charge in [0.2, 0.25) is 17.7 Å². The number of hydrogen-bond donors (Lipinski definition) is 3. The van der Waals surface area contributed by atoms with E-state index in [0.29, 0.717) is 40.5 Å². The van der Waals surface area contributed by atoms with Crippen molar-refractivity contribution in [2.45, 2.75) is 100 Å². The van der Waals surface area contributed by atoms with Gasteiger partial charge in [0.15, 0.2) is 5.82 Å². The Hall–Kier alpha value is -4.59. The fourth-order valence-corrected chi connectivity index (χ4v) is 7.92. The van der Waals surface area contributed by atoms with Gasteiger partial charge in [-0.25, -0.2) is 14.6 Å². The molecule has 0 bridgehead atoms. The summed E-state index contributed by atoms with van der Waals surface area (Å²) in [5.41, 5.74) is -0.862. The third kappa shape index (κ3) is 7.10. The molecule has 2 saturated carbocycles. The number of rotatable bonds is 6. The van der Waals surface area contributed by atoms with Crippen LogP contribution in [0, 0.1) is 5.92 Å². The second-order valence-electron chi connectivity index (χ2n) is 13.3. The average Bonchev–Trinajstić information content (AvgIpc) is 3.54. The number of amides is 3. The Kier molecular flexibility index (Phi) is 9.48. The highest BCUT2D eigenvalue weighted by Gasteiger charge is 2.61. The number of carbonyl (C=O) groups excluding carboxylic acids is 3. The second-order valence-corrected chi connectivity index (χ2v) is 14.2. The number of carboxylic acid groups (broad SMARTS) is 1. The van der Waals surface area contributed by atoms with Gasteiger partial charge in [-0.1, -0.05) is 31.1 Å². The number of hydrogen-bond acceptors (Lipinski definition) is 10. The Morgan fingerprint density at radius 2 is 1.88 bits per heavy atom. The molecule has 0 aromatic carbocycles. The lowest BCUT2D eigenvalue weighted by atomic mass is 10.0. The number of carbonyl (C=O) groups is 4. The Morgan fingerprint density at radius 3 is 2.67 bits per heavy atom. The molecule has 0 radical (unpaired) electrons. The summed E-state index contributed by atoms with van der Waals surface area (Å²) < 4.78 is 12.1. The maximum absolute atomic E-state index is 14.4. The summed E-state index contributed by atoms with van der Waals surface area (Å²) in [5.74, 6) is -1.77. The Bertz CT molecular complexity index is 1740. The first-order chi connectivity index (χ1) is 23.8. The zero-order chi connectivity index (χ0) is 34.0. The molecule has 258 valence electrons. The third-order valence-corrected chi connectivity index (χ3v) is 10.8. The molecule has 3 fully saturated rings. The third-order valence-electron chi connectivity index (χ3n) is 9.95. The van der Waals surface area contributed by atoms with Crippen molar-refractivity contribution in [1.29, 1.82) is 0 Å². The molecule has 5 atom stereocenters. The Balaban J connectivity index is 1.18. The number of alkyl carbamates (subject to hydrolysis) is 1. The van der Waals surface area contributed by atoms with Crippen LogP contribution in [0.2, 0.25) is 0 Å². The lowest BCUT2D eigenvalue weighted by Gasteiger charge is -2.29. The summed E-state index contributed by atoms with van der Waals surface area (Å²) in [6.45, 7) is 0.0325. The number of fused-ring (bicyclic) bond motifs is 3. The van der Waals surface area contributed by atoms with Gasteiger partial charge < -0.3 is 30.1 Å². The summed E-state index contributed by atoms with van der Waals surface area (Å²) in [5, 5.41) is 18.3. The number of allylic oxidation sites excluding steroid dienone is 1. The van der Waals surface area contributed by atoms with E-state index in [1.807, 2.05) is 29.7 Å². The highest BCUT2D eigenvalue weighted by atomic mass is 32.1. The summed E-state index contributed by atoms with van der Waals surface area (Å²) in [4.78, 5) is 69.7. The first-order valence-corrected chi connectivity index (χ1v) is 18.0. The van der Waals surface area contributed by atoms with Gasteiger partial charge >= 0.3 is 12.1 Å². The highest BCUT2D eigenvalue weighted by molar-refractivity contribution is 7.16. The van der Waals surface area contributed by atoms with E-state index in [1.165, 1.54) is 16.2 Å². The SMILES string of the molecule is O=C(N[C@H]1CCCCC/C=C/[C@@H]2C[C@@]2(C(=O)O)NC(=O)[C@@H]2C[C@@H](Oc3nc(-c4ccccn4)nc4sccc34)CN2C1=O)OC1CCCC1. The van der Waals surface area contributed by atoms with E-state index < -0.39 is 47.6 Å². The minimum absolute atomic E-state index is 0.0325. The average molecular weight is 689 g/mol. The van der Waals surface area contributed by atoms with Crippen molar-refractivity contribution in [2.75, 3.05) is 6.54 Å². The van der Waals surface area contributed by atoms with Crippen molar-refractivity contribution >= 4 is 45.4 Å². The molecule has 2 aliphatic carbocycles. The van der Waals surface area contributed by atoms with Crippen molar-refractivity contribution in [3.05, 3.63) is 48.0 Å². The largest absolute Gasteiger partial charge is 0.479 e. The smallest absolute Gasteiger partial charge is 0.408 e. The number of nitrogens with one attached hydrogen (secondary N) is 2. The van der Waals surface area contributed by atoms with Crippen molar-refractivity contribution in [2.24, 2.45) is 5.92 Å². The zero-order valence-corrected chi connectivity index (χ0v) is 27.9. The summed E-state index contributed by atoms with van der Waals surface area (Å²) in [6.07, 6.45) is 11.4. The van der Waals surface area contributed by atoms with Crippen molar-refractivity contribution < 1.29 is 33.8 Å². The van der Waals surface area contributed by atoms with E-state index in [1.54, 1.807) is 18.3 Å². The van der Waals surface area contributed by atoms with E-state index in [2.05, 4.69) is 25.6 Å². The van der Waals surface area contributed by atoms with Crippen LogP contribution in [0.4, 0.5) is 4.79 Å². The van der Waals surface area contributed by atoms with Gasteiger partial charge in [0.1, 0.15) is 40.4 Å². The maximum atomic E-state index is 14.4. The molecule has 3 amide bonds. The topological polar surface area (TPSA) is 173 Å². The van der Waals surface area contributed by atoms with Crippen LogP contribution in [-0.2, 0) is 19.1 Å². The van der Waals surface area contributed by atoms with Gasteiger partial charge in [-0.15, -0.1) is 11.3 Å². The van der Waals surface area contributed by atoms with Crippen LogP contribution in [0.15, 0.2) is 48.0 Å². The van der Waals surface area contributed by atoms with E-state index in [0.717, 1.165) is 44.9 Å². The monoisotopic (exact) mass is 688 g/mol. The number of aromatic nitrogens is 3. The molecule has 7 rings (SSSR count). The molecule has 2 aliphatic heterocycles. The molecule has 49 heavy (non-hydrogen) atoms. The molecule has 4 aliphatic rings. The van der Waals surface area contributed by atoms with Gasteiger partial charge in [-0.2, -0.15) is 4.98 Å². The van der Waals surface area contributed by atoms with Crippen molar-refractivity contribution in [3.63, 3.8) is 0 Å². The minimum atomic E-state index is -1.43. The van der Waals surface area contributed by atoms with Gasteiger partial charge in [-0.05, 0) is 74.9 Å². The molecule has 13 nitrogen and oxygen atoms in total. The first-order valence-electron chi connectivity index (χ1n) is 17.1. The molecular formula is C35H40N6O7S.